The van der Waals surface area contributed by atoms with Crippen LogP contribution in [-0.2, 0) is 17.6 Å². The van der Waals surface area contributed by atoms with Gasteiger partial charge >= 0.3 is 0 Å². The Kier molecular flexibility index (Phi) is 5.68. The maximum Gasteiger partial charge on any atom is 0.223 e. The second-order valence-corrected chi connectivity index (χ2v) is 8.35. The SMILES string of the molecule is CC(C)n1cc(-c2ccc3nc(Cc4nnc(CC(=O)CCC#N)o4)sc3c2)cn1. The molecule has 0 aliphatic carbocycles. The van der Waals surface area contributed by atoms with Crippen molar-refractivity contribution in [3.63, 3.8) is 0 Å². The molecule has 8 nitrogen and oxygen atoms in total. The number of hydrogen-bond acceptors (Lipinski definition) is 8. The molecule has 1 aromatic carbocycles. The lowest BCUT2D eigenvalue weighted by Crippen LogP contribution is -2.02. The molecular formula is C21H20N6O2S. The number of rotatable bonds is 8. The van der Waals surface area contributed by atoms with Gasteiger partial charge in [-0.05, 0) is 31.5 Å². The van der Waals surface area contributed by atoms with Gasteiger partial charge in [0.1, 0.15) is 10.8 Å². The molecule has 0 aliphatic heterocycles. The number of carbonyl (C=O) groups is 1. The number of hydrogen-bond donors (Lipinski definition) is 0. The number of ketones is 1. The fraction of sp³-hybridized carbons (Fsp3) is 0.333. The van der Waals surface area contributed by atoms with E-state index in [-0.39, 0.29) is 30.9 Å². The van der Waals surface area contributed by atoms with Gasteiger partial charge in [0.2, 0.25) is 11.8 Å². The van der Waals surface area contributed by atoms with Gasteiger partial charge in [-0.25, -0.2) is 4.98 Å². The maximum absolute atomic E-state index is 11.7. The van der Waals surface area contributed by atoms with E-state index >= 15 is 0 Å². The van der Waals surface area contributed by atoms with E-state index in [0.717, 1.165) is 26.4 Å². The Balaban J connectivity index is 1.48. The summed E-state index contributed by atoms with van der Waals surface area (Å²) in [5, 5.41) is 21.8. The third kappa shape index (κ3) is 4.44. The number of nitriles is 1. The van der Waals surface area contributed by atoms with E-state index in [1.807, 2.05) is 35.3 Å². The normalized spacial score (nSPS) is 11.3. The average molecular weight is 420 g/mol. The Morgan fingerprint density at radius 3 is 2.87 bits per heavy atom. The molecule has 0 bridgehead atoms. The molecule has 0 radical (unpaired) electrons. The largest absolute Gasteiger partial charge is 0.424 e. The van der Waals surface area contributed by atoms with Gasteiger partial charge in [0.15, 0.2) is 0 Å². The van der Waals surface area contributed by atoms with Crippen LogP contribution in [0.2, 0.25) is 0 Å². The zero-order valence-electron chi connectivity index (χ0n) is 16.7. The highest BCUT2D eigenvalue weighted by molar-refractivity contribution is 7.18. The lowest BCUT2D eigenvalue weighted by molar-refractivity contribution is -0.118. The first kappa shape index (κ1) is 19.9. The first-order valence-electron chi connectivity index (χ1n) is 9.65. The second kappa shape index (κ2) is 8.55. The summed E-state index contributed by atoms with van der Waals surface area (Å²) in [4.78, 5) is 16.4. The van der Waals surface area contributed by atoms with Crippen molar-refractivity contribution in [1.29, 1.82) is 5.26 Å². The summed E-state index contributed by atoms with van der Waals surface area (Å²) in [5.74, 6) is 0.620. The Morgan fingerprint density at radius 2 is 2.10 bits per heavy atom. The number of Topliss-reactive ketones (excluding diaryl/α,β-unsaturated/α-hetero) is 1. The molecule has 30 heavy (non-hydrogen) atoms. The van der Waals surface area contributed by atoms with Crippen molar-refractivity contribution in [2.24, 2.45) is 0 Å². The highest BCUT2D eigenvalue weighted by Crippen LogP contribution is 2.29. The summed E-state index contributed by atoms with van der Waals surface area (Å²) in [6.07, 6.45) is 4.80. The van der Waals surface area contributed by atoms with Crippen LogP contribution in [0.5, 0.6) is 0 Å². The predicted molar refractivity (Wildman–Crippen MR) is 112 cm³/mol. The fourth-order valence-corrected chi connectivity index (χ4v) is 4.01. The van der Waals surface area contributed by atoms with Gasteiger partial charge in [0, 0.05) is 30.6 Å². The molecule has 0 amide bonds. The molecule has 4 aromatic rings. The zero-order chi connectivity index (χ0) is 21.1. The standard InChI is InChI=1S/C21H20N6O2S/c1-13(2)27-12-15(11-23-27)14-5-6-17-18(8-14)30-21(24-17)10-20-26-25-19(29-20)9-16(28)4-3-7-22/h5-6,8,11-13H,3-4,9-10H2,1-2H3. The summed E-state index contributed by atoms with van der Waals surface area (Å²) in [5.41, 5.74) is 3.09. The highest BCUT2D eigenvalue weighted by Gasteiger charge is 2.14. The topological polar surface area (TPSA) is 110 Å². The van der Waals surface area contributed by atoms with Gasteiger partial charge < -0.3 is 4.42 Å². The molecular weight excluding hydrogens is 400 g/mol. The third-order valence-electron chi connectivity index (χ3n) is 4.57. The number of benzene rings is 1. The molecule has 0 saturated heterocycles. The van der Waals surface area contributed by atoms with Crippen LogP contribution >= 0.6 is 11.3 Å². The van der Waals surface area contributed by atoms with Gasteiger partial charge in [-0.3, -0.25) is 9.48 Å². The molecule has 3 aromatic heterocycles. The average Bonchev–Trinajstić information content (AvgIpc) is 3.45. The Morgan fingerprint density at radius 1 is 1.27 bits per heavy atom. The van der Waals surface area contributed by atoms with Crippen LogP contribution in [0.25, 0.3) is 21.3 Å². The van der Waals surface area contributed by atoms with E-state index in [4.69, 9.17) is 9.68 Å². The minimum atomic E-state index is -0.0833. The minimum absolute atomic E-state index is 0.0575. The first-order chi connectivity index (χ1) is 14.5. The van der Waals surface area contributed by atoms with Crippen LogP contribution < -0.4 is 0 Å². The Bertz CT molecular complexity index is 1230. The predicted octanol–water partition coefficient (Wildman–Crippen LogP) is 4.13. The van der Waals surface area contributed by atoms with E-state index in [2.05, 4.69) is 40.2 Å². The van der Waals surface area contributed by atoms with Crippen molar-refractivity contribution in [3.8, 4) is 17.2 Å². The Labute approximate surface area is 177 Å². The molecule has 0 spiro atoms. The molecule has 3 heterocycles. The van der Waals surface area contributed by atoms with Crippen LogP contribution in [0, 0.1) is 11.3 Å². The second-order valence-electron chi connectivity index (χ2n) is 7.23. The minimum Gasteiger partial charge on any atom is -0.424 e. The van der Waals surface area contributed by atoms with Crippen molar-refractivity contribution in [2.75, 3.05) is 0 Å². The number of fused-ring (bicyclic) bond motifs is 1. The lowest BCUT2D eigenvalue weighted by atomic mass is 10.1. The van der Waals surface area contributed by atoms with Crippen molar-refractivity contribution < 1.29 is 9.21 Å². The number of aromatic nitrogens is 5. The van der Waals surface area contributed by atoms with E-state index in [1.54, 1.807) is 11.3 Å². The molecule has 0 N–H and O–H groups in total. The smallest absolute Gasteiger partial charge is 0.223 e. The molecule has 152 valence electrons. The molecule has 0 saturated carbocycles. The van der Waals surface area contributed by atoms with Crippen LogP contribution in [-0.4, -0.2) is 30.7 Å². The van der Waals surface area contributed by atoms with Crippen molar-refractivity contribution in [2.45, 2.75) is 45.6 Å². The lowest BCUT2D eigenvalue weighted by Gasteiger charge is -2.03. The first-order valence-corrected chi connectivity index (χ1v) is 10.5. The summed E-state index contributed by atoms with van der Waals surface area (Å²) >= 11 is 1.58. The van der Waals surface area contributed by atoms with Crippen molar-refractivity contribution >= 4 is 27.3 Å². The van der Waals surface area contributed by atoms with Crippen LogP contribution in [0.4, 0.5) is 0 Å². The fourth-order valence-electron chi connectivity index (χ4n) is 3.01. The van der Waals surface area contributed by atoms with E-state index < -0.39 is 0 Å². The van der Waals surface area contributed by atoms with Gasteiger partial charge in [0.25, 0.3) is 0 Å². The van der Waals surface area contributed by atoms with Gasteiger partial charge in [0.05, 0.1) is 35.3 Å². The number of nitrogens with zero attached hydrogens (tertiary/aromatic N) is 6. The van der Waals surface area contributed by atoms with Crippen LogP contribution in [0.3, 0.4) is 0 Å². The van der Waals surface area contributed by atoms with Gasteiger partial charge in [-0.2, -0.15) is 10.4 Å². The molecule has 0 atom stereocenters. The van der Waals surface area contributed by atoms with Gasteiger partial charge in [-0.1, -0.05) is 6.07 Å². The van der Waals surface area contributed by atoms with Crippen LogP contribution in [0.1, 0.15) is 49.5 Å². The molecule has 0 aliphatic rings. The highest BCUT2D eigenvalue weighted by atomic mass is 32.1. The zero-order valence-corrected chi connectivity index (χ0v) is 17.5. The van der Waals surface area contributed by atoms with E-state index in [9.17, 15) is 4.79 Å². The molecule has 0 unspecified atom stereocenters. The molecule has 0 fully saturated rings. The van der Waals surface area contributed by atoms with Crippen LogP contribution in [0.15, 0.2) is 35.0 Å². The number of thiazole rings is 1. The number of carbonyl (C=O) groups excluding carboxylic acids is 1. The molecule has 9 heteroatoms. The summed E-state index contributed by atoms with van der Waals surface area (Å²) < 4.78 is 8.60. The molecule has 4 rings (SSSR count). The quantitative estimate of drug-likeness (QED) is 0.421. The summed E-state index contributed by atoms with van der Waals surface area (Å²) in [6.45, 7) is 4.20. The maximum atomic E-state index is 11.7. The van der Waals surface area contributed by atoms with E-state index in [0.29, 0.717) is 18.4 Å². The van der Waals surface area contributed by atoms with Crippen molar-refractivity contribution in [1.82, 2.24) is 25.0 Å². The summed E-state index contributed by atoms with van der Waals surface area (Å²) in [7, 11) is 0. The monoisotopic (exact) mass is 420 g/mol. The van der Waals surface area contributed by atoms with Crippen molar-refractivity contribution in [3.05, 3.63) is 47.4 Å². The third-order valence-corrected chi connectivity index (χ3v) is 5.59. The van der Waals surface area contributed by atoms with E-state index in [1.165, 1.54) is 0 Å². The summed E-state index contributed by atoms with van der Waals surface area (Å²) in [6, 6.07) is 8.44. The Hall–Kier alpha value is -3.38. The van der Waals surface area contributed by atoms with Gasteiger partial charge in [-0.15, -0.1) is 21.5 Å².